The SMILES string of the molecule is CCCCCC(CC)OCC(O)CO.CCCCCCCCOC(CO)CO.CCCCCCCCOCC(O)CO. The molecule has 0 saturated heterocycles. The van der Waals surface area contributed by atoms with Crippen molar-refractivity contribution in [3.05, 3.63) is 0 Å². The maximum absolute atomic E-state index is 9.10. The van der Waals surface area contributed by atoms with Crippen LogP contribution in [-0.2, 0) is 14.2 Å². The summed E-state index contributed by atoms with van der Waals surface area (Å²) in [6.07, 6.45) is 18.9. The van der Waals surface area contributed by atoms with Crippen LogP contribution in [-0.4, -0.2) is 108 Å². The topological polar surface area (TPSA) is 149 Å². The third-order valence-corrected chi connectivity index (χ3v) is 6.74. The molecule has 0 amide bonds. The number of aliphatic hydroxyl groups excluding tert-OH is 6. The Kier molecular flexibility index (Phi) is 44.6. The summed E-state index contributed by atoms with van der Waals surface area (Å²) in [7, 11) is 0. The van der Waals surface area contributed by atoms with Gasteiger partial charge in [0.25, 0.3) is 0 Å². The second-order valence-corrected chi connectivity index (χ2v) is 11.0. The average molecular weight is 613 g/mol. The zero-order chi connectivity index (χ0) is 32.1. The van der Waals surface area contributed by atoms with E-state index in [0.717, 1.165) is 25.7 Å². The van der Waals surface area contributed by atoms with Gasteiger partial charge in [-0.25, -0.2) is 0 Å². The van der Waals surface area contributed by atoms with Crippen molar-refractivity contribution in [1.29, 1.82) is 0 Å². The Morgan fingerprint density at radius 2 is 0.905 bits per heavy atom. The smallest absolute Gasteiger partial charge is 0.104 e. The Morgan fingerprint density at radius 1 is 0.452 bits per heavy atom. The van der Waals surface area contributed by atoms with E-state index in [0.29, 0.717) is 13.2 Å². The van der Waals surface area contributed by atoms with Crippen molar-refractivity contribution in [3.63, 3.8) is 0 Å². The lowest BCUT2D eigenvalue weighted by Crippen LogP contribution is -2.24. The summed E-state index contributed by atoms with van der Waals surface area (Å²) >= 11 is 0. The van der Waals surface area contributed by atoms with E-state index in [-0.39, 0.29) is 51.8 Å². The first kappa shape index (κ1) is 46.1. The predicted molar refractivity (Wildman–Crippen MR) is 172 cm³/mol. The minimum absolute atomic E-state index is 0.0909. The van der Waals surface area contributed by atoms with E-state index in [2.05, 4.69) is 27.7 Å². The lowest BCUT2D eigenvalue weighted by atomic mass is 10.1. The Labute approximate surface area is 259 Å². The van der Waals surface area contributed by atoms with Gasteiger partial charge in [-0.2, -0.15) is 0 Å². The third-order valence-electron chi connectivity index (χ3n) is 6.74. The van der Waals surface area contributed by atoms with Crippen molar-refractivity contribution in [2.45, 2.75) is 161 Å². The van der Waals surface area contributed by atoms with E-state index < -0.39 is 12.2 Å². The molecule has 0 aromatic rings. The molecule has 258 valence electrons. The standard InChI is InChI=1S/3C11H24O3/c1-3-5-6-7-11(4-2)14-9-10(13)8-12;1-2-3-4-5-6-7-8-14-10-11(13)9-12;1-2-3-4-5-6-7-8-14-11(9-12)10-13/h10-13H,3-9H2,1-2H3;2*11-13H,2-10H2,1H3. The van der Waals surface area contributed by atoms with Crippen LogP contribution >= 0.6 is 0 Å². The van der Waals surface area contributed by atoms with Crippen LogP contribution in [0.25, 0.3) is 0 Å². The zero-order valence-electron chi connectivity index (χ0n) is 27.9. The summed E-state index contributed by atoms with van der Waals surface area (Å²) in [5.41, 5.74) is 0. The number of ether oxygens (including phenoxy) is 3. The van der Waals surface area contributed by atoms with Crippen molar-refractivity contribution < 1.29 is 44.8 Å². The molecule has 9 nitrogen and oxygen atoms in total. The van der Waals surface area contributed by atoms with Crippen molar-refractivity contribution in [2.75, 3.05) is 52.9 Å². The van der Waals surface area contributed by atoms with Gasteiger partial charge < -0.3 is 44.8 Å². The minimum atomic E-state index is -0.727. The molecule has 0 radical (unpaired) electrons. The first-order chi connectivity index (χ1) is 20.4. The van der Waals surface area contributed by atoms with E-state index in [9.17, 15) is 0 Å². The van der Waals surface area contributed by atoms with Crippen molar-refractivity contribution in [1.82, 2.24) is 0 Å². The van der Waals surface area contributed by atoms with Crippen LogP contribution in [0.15, 0.2) is 0 Å². The first-order valence-electron chi connectivity index (χ1n) is 17.0. The number of hydrogen-bond acceptors (Lipinski definition) is 9. The highest BCUT2D eigenvalue weighted by Gasteiger charge is 2.09. The number of unbranched alkanes of at least 4 members (excludes halogenated alkanes) is 12. The molecule has 0 aliphatic rings. The van der Waals surface area contributed by atoms with Gasteiger partial charge in [-0.1, -0.05) is 111 Å². The summed E-state index contributed by atoms with van der Waals surface area (Å²) in [6.45, 7) is 9.92. The van der Waals surface area contributed by atoms with Crippen LogP contribution in [0, 0.1) is 0 Å². The van der Waals surface area contributed by atoms with Crippen molar-refractivity contribution in [2.24, 2.45) is 0 Å². The van der Waals surface area contributed by atoms with Crippen LogP contribution in [0.5, 0.6) is 0 Å². The highest BCUT2D eigenvalue weighted by atomic mass is 16.5. The number of rotatable bonds is 29. The minimum Gasteiger partial charge on any atom is -0.394 e. The first-order valence-corrected chi connectivity index (χ1v) is 17.0. The highest BCUT2D eigenvalue weighted by molar-refractivity contribution is 4.58. The van der Waals surface area contributed by atoms with Gasteiger partial charge in [-0.05, 0) is 25.7 Å². The van der Waals surface area contributed by atoms with Crippen molar-refractivity contribution >= 4 is 0 Å². The Balaban J connectivity index is -0.000000543. The van der Waals surface area contributed by atoms with Gasteiger partial charge in [0.1, 0.15) is 18.3 Å². The van der Waals surface area contributed by atoms with E-state index in [1.807, 2.05) is 0 Å². The molecule has 3 unspecified atom stereocenters. The van der Waals surface area contributed by atoms with Gasteiger partial charge in [0, 0.05) is 13.2 Å². The van der Waals surface area contributed by atoms with E-state index in [4.69, 9.17) is 44.8 Å². The van der Waals surface area contributed by atoms with Gasteiger partial charge in [-0.15, -0.1) is 0 Å². The Morgan fingerprint density at radius 3 is 1.38 bits per heavy atom. The molecule has 0 aliphatic heterocycles. The zero-order valence-corrected chi connectivity index (χ0v) is 27.9. The number of aliphatic hydroxyl groups is 6. The summed E-state index contributed by atoms with van der Waals surface area (Å²) in [6, 6.07) is 0. The predicted octanol–water partition coefficient (Wildman–Crippen LogP) is 5.15. The fraction of sp³-hybridized carbons (Fsp3) is 1.00. The van der Waals surface area contributed by atoms with Crippen LogP contribution in [0.2, 0.25) is 0 Å². The molecule has 42 heavy (non-hydrogen) atoms. The Hall–Kier alpha value is -0.360. The largest absolute Gasteiger partial charge is 0.394 e. The molecular formula is C33H72O9. The second kappa shape index (κ2) is 40.6. The summed E-state index contributed by atoms with van der Waals surface area (Å²) in [4.78, 5) is 0. The maximum atomic E-state index is 9.10. The fourth-order valence-corrected chi connectivity index (χ4v) is 3.88. The maximum Gasteiger partial charge on any atom is 0.104 e. The molecule has 3 atom stereocenters. The molecule has 0 aromatic carbocycles. The molecule has 0 aliphatic carbocycles. The van der Waals surface area contributed by atoms with Crippen LogP contribution in [0.4, 0.5) is 0 Å². The highest BCUT2D eigenvalue weighted by Crippen LogP contribution is 2.10. The molecule has 0 saturated carbocycles. The average Bonchev–Trinajstić information content (AvgIpc) is 3.02. The number of hydrogen-bond donors (Lipinski definition) is 6. The molecule has 0 bridgehead atoms. The fourth-order valence-electron chi connectivity index (χ4n) is 3.88. The third kappa shape index (κ3) is 39.6. The lowest BCUT2D eigenvalue weighted by molar-refractivity contribution is -0.0327. The quantitative estimate of drug-likeness (QED) is 0.0631. The van der Waals surface area contributed by atoms with E-state index in [1.54, 1.807) is 0 Å². The molecule has 6 N–H and O–H groups in total. The molecule has 0 fully saturated rings. The van der Waals surface area contributed by atoms with Crippen LogP contribution in [0.1, 0.15) is 137 Å². The summed E-state index contributed by atoms with van der Waals surface area (Å²) < 4.78 is 15.9. The van der Waals surface area contributed by atoms with E-state index >= 15 is 0 Å². The molecule has 0 spiro atoms. The molecule has 9 heteroatoms. The molecule has 0 rings (SSSR count). The summed E-state index contributed by atoms with van der Waals surface area (Å²) in [5, 5.41) is 52.6. The van der Waals surface area contributed by atoms with E-state index in [1.165, 1.54) is 83.5 Å². The molecular weight excluding hydrogens is 540 g/mol. The normalized spacial score (nSPS) is 13.2. The van der Waals surface area contributed by atoms with Crippen LogP contribution < -0.4 is 0 Å². The van der Waals surface area contributed by atoms with Crippen LogP contribution in [0.3, 0.4) is 0 Å². The van der Waals surface area contributed by atoms with Crippen molar-refractivity contribution in [3.8, 4) is 0 Å². The van der Waals surface area contributed by atoms with Gasteiger partial charge >= 0.3 is 0 Å². The van der Waals surface area contributed by atoms with Gasteiger partial charge in [0.05, 0.1) is 45.7 Å². The monoisotopic (exact) mass is 613 g/mol. The van der Waals surface area contributed by atoms with Gasteiger partial charge in [0.15, 0.2) is 0 Å². The summed E-state index contributed by atoms with van der Waals surface area (Å²) in [5.74, 6) is 0. The molecule has 0 heterocycles. The van der Waals surface area contributed by atoms with Gasteiger partial charge in [-0.3, -0.25) is 0 Å². The lowest BCUT2D eigenvalue weighted by Gasteiger charge is -2.17. The van der Waals surface area contributed by atoms with Gasteiger partial charge in [0.2, 0.25) is 0 Å². The Bertz CT molecular complexity index is 453. The molecule has 0 aromatic heterocycles. The second-order valence-electron chi connectivity index (χ2n) is 11.0.